The molecule has 0 aromatic heterocycles. The van der Waals surface area contributed by atoms with Crippen molar-refractivity contribution in [3.63, 3.8) is 0 Å². The predicted molar refractivity (Wildman–Crippen MR) is 46.4 cm³/mol. The lowest BCUT2D eigenvalue weighted by molar-refractivity contribution is 0.220. The summed E-state index contributed by atoms with van der Waals surface area (Å²) in [4.78, 5) is 0. The Bertz CT molecular complexity index is 256. The zero-order valence-electron chi connectivity index (χ0n) is 7.50. The molecule has 1 aliphatic heterocycles. The summed E-state index contributed by atoms with van der Waals surface area (Å²) in [6.45, 7) is 3.79. The number of nitrogens with zero attached hydrogens (tertiary/aromatic N) is 2. The summed E-state index contributed by atoms with van der Waals surface area (Å²) in [5.74, 6) is 1.22. The first kappa shape index (κ1) is 8.64. The fourth-order valence-electron chi connectivity index (χ4n) is 0.920. The van der Waals surface area contributed by atoms with Crippen LogP contribution in [0.25, 0.3) is 0 Å². The summed E-state index contributed by atoms with van der Waals surface area (Å²) >= 11 is 0. The molecule has 0 fully saturated rings. The molecule has 1 rings (SSSR count). The molecule has 0 aliphatic carbocycles. The van der Waals surface area contributed by atoms with Crippen molar-refractivity contribution in [2.45, 2.75) is 0 Å². The summed E-state index contributed by atoms with van der Waals surface area (Å²) < 4.78 is 10.1. The summed E-state index contributed by atoms with van der Waals surface area (Å²) in [5.41, 5.74) is 0.692. The summed E-state index contributed by atoms with van der Waals surface area (Å²) in [6.07, 6.45) is 1.59. The Balaban J connectivity index is 3.00. The van der Waals surface area contributed by atoms with Crippen molar-refractivity contribution in [1.29, 1.82) is 0 Å². The molecule has 0 radical (unpaired) electrons. The van der Waals surface area contributed by atoms with E-state index < -0.39 is 0 Å². The van der Waals surface area contributed by atoms with E-state index in [0.29, 0.717) is 17.2 Å². The van der Waals surface area contributed by atoms with Gasteiger partial charge in [0.15, 0.2) is 11.5 Å². The molecule has 0 unspecified atom stereocenters. The van der Waals surface area contributed by atoms with Crippen molar-refractivity contribution in [2.75, 3.05) is 21.3 Å². The number of hydrogen-bond donors (Lipinski definition) is 0. The van der Waals surface area contributed by atoms with Crippen LogP contribution in [0, 0.1) is 0 Å². The number of methoxy groups -OCH3 is 2. The van der Waals surface area contributed by atoms with E-state index in [0.717, 1.165) is 0 Å². The Morgan fingerprint density at radius 1 is 1.42 bits per heavy atom. The first-order valence-corrected chi connectivity index (χ1v) is 3.50. The molecule has 0 saturated heterocycles. The van der Waals surface area contributed by atoms with Crippen molar-refractivity contribution >= 4 is 6.21 Å². The molecule has 12 heavy (non-hydrogen) atoms. The predicted octanol–water partition coefficient (Wildman–Crippen LogP) is 0.936. The molecule has 4 nitrogen and oxygen atoms in total. The molecule has 0 bridgehead atoms. The van der Waals surface area contributed by atoms with E-state index in [9.17, 15) is 0 Å². The van der Waals surface area contributed by atoms with E-state index in [1.807, 2.05) is 0 Å². The normalized spacial score (nSPS) is 16.9. The van der Waals surface area contributed by atoms with Crippen LogP contribution >= 0.6 is 0 Å². The maximum Gasteiger partial charge on any atom is 0.187 e. The van der Waals surface area contributed by atoms with Gasteiger partial charge in [-0.1, -0.05) is 6.58 Å². The number of ether oxygens (including phenoxy) is 2. The van der Waals surface area contributed by atoms with Gasteiger partial charge in [-0.25, -0.2) is 0 Å². The molecule has 66 valence electrons. The lowest BCUT2D eigenvalue weighted by atomic mass is 10.3. The number of rotatable bonds is 2. The van der Waals surface area contributed by atoms with E-state index in [1.165, 1.54) is 0 Å². The zero-order chi connectivity index (χ0) is 9.14. The number of hydrogen-bond acceptors (Lipinski definition) is 4. The molecular formula is C8H12N2O2. The van der Waals surface area contributed by atoms with Gasteiger partial charge in [0.2, 0.25) is 0 Å². The molecule has 0 aromatic rings. The number of hydrazone groups is 1. The van der Waals surface area contributed by atoms with Gasteiger partial charge in [-0.15, -0.1) is 0 Å². The third kappa shape index (κ3) is 1.28. The van der Waals surface area contributed by atoms with Crippen molar-refractivity contribution in [1.82, 2.24) is 5.01 Å². The zero-order valence-corrected chi connectivity index (χ0v) is 7.50. The second kappa shape index (κ2) is 3.30. The Labute approximate surface area is 71.8 Å². The van der Waals surface area contributed by atoms with Crippen molar-refractivity contribution < 1.29 is 9.47 Å². The molecule has 4 heteroatoms. The molecule has 0 saturated carbocycles. The maximum atomic E-state index is 5.10. The second-order valence-corrected chi connectivity index (χ2v) is 2.32. The van der Waals surface area contributed by atoms with Crippen molar-refractivity contribution in [3.8, 4) is 0 Å². The summed E-state index contributed by atoms with van der Waals surface area (Å²) in [7, 11) is 4.94. The average molecular weight is 168 g/mol. The molecule has 0 spiro atoms. The standard InChI is InChI=1S/C8H12N2O2/c1-6-8(12-4)7(11-3)5-9-10(6)2/h5H,1H2,2-4H3. The van der Waals surface area contributed by atoms with Crippen LogP contribution in [0.4, 0.5) is 0 Å². The third-order valence-electron chi connectivity index (χ3n) is 1.65. The molecule has 1 aliphatic rings. The van der Waals surface area contributed by atoms with Gasteiger partial charge in [0.25, 0.3) is 0 Å². The highest BCUT2D eigenvalue weighted by Gasteiger charge is 2.17. The lowest BCUT2D eigenvalue weighted by Crippen LogP contribution is -2.19. The van der Waals surface area contributed by atoms with E-state index in [2.05, 4.69) is 11.7 Å². The van der Waals surface area contributed by atoms with Crippen LogP contribution < -0.4 is 0 Å². The maximum absolute atomic E-state index is 5.10. The number of allylic oxidation sites excluding steroid dienone is 1. The molecule has 0 amide bonds. The number of likely N-dealkylation sites (N-methyl/N-ethyl adjacent to an activating group) is 1. The fraction of sp³-hybridized carbons (Fsp3) is 0.375. The van der Waals surface area contributed by atoms with E-state index in [4.69, 9.17) is 9.47 Å². The summed E-state index contributed by atoms with van der Waals surface area (Å²) in [5, 5.41) is 5.63. The SMILES string of the molecule is C=C1C(OC)=C(OC)C=NN1C. The molecule has 0 aromatic carbocycles. The molecule has 1 heterocycles. The minimum Gasteiger partial charge on any atom is -0.491 e. The fourth-order valence-corrected chi connectivity index (χ4v) is 0.920. The second-order valence-electron chi connectivity index (χ2n) is 2.32. The van der Waals surface area contributed by atoms with E-state index >= 15 is 0 Å². The minimum atomic E-state index is 0.598. The van der Waals surface area contributed by atoms with Gasteiger partial charge in [0.05, 0.1) is 26.1 Å². The van der Waals surface area contributed by atoms with Crippen molar-refractivity contribution in [2.24, 2.45) is 5.10 Å². The Kier molecular flexibility index (Phi) is 2.38. The van der Waals surface area contributed by atoms with E-state index in [1.54, 1.807) is 32.5 Å². The van der Waals surface area contributed by atoms with Crippen LogP contribution in [0.15, 0.2) is 28.9 Å². The van der Waals surface area contributed by atoms with Crippen LogP contribution in [0.3, 0.4) is 0 Å². The minimum absolute atomic E-state index is 0.598. The van der Waals surface area contributed by atoms with Crippen LogP contribution in [-0.4, -0.2) is 32.5 Å². The van der Waals surface area contributed by atoms with Gasteiger partial charge < -0.3 is 9.47 Å². The first-order valence-electron chi connectivity index (χ1n) is 3.50. The van der Waals surface area contributed by atoms with Crippen molar-refractivity contribution in [3.05, 3.63) is 23.8 Å². The highest BCUT2D eigenvalue weighted by atomic mass is 16.5. The van der Waals surface area contributed by atoms with Crippen LogP contribution in [0.2, 0.25) is 0 Å². The van der Waals surface area contributed by atoms with Gasteiger partial charge >= 0.3 is 0 Å². The Morgan fingerprint density at radius 3 is 2.58 bits per heavy atom. The monoisotopic (exact) mass is 168 g/mol. The van der Waals surface area contributed by atoms with Crippen LogP contribution in [0.5, 0.6) is 0 Å². The van der Waals surface area contributed by atoms with Gasteiger partial charge in [-0.05, 0) is 0 Å². The molecule has 0 N–H and O–H groups in total. The highest BCUT2D eigenvalue weighted by Crippen LogP contribution is 2.20. The van der Waals surface area contributed by atoms with Gasteiger partial charge in [0, 0.05) is 7.05 Å². The lowest BCUT2D eigenvalue weighted by Gasteiger charge is -2.22. The van der Waals surface area contributed by atoms with Gasteiger partial charge in [0.1, 0.15) is 0 Å². The van der Waals surface area contributed by atoms with E-state index in [-0.39, 0.29) is 0 Å². The summed E-state index contributed by atoms with van der Waals surface area (Å²) in [6, 6.07) is 0. The Hall–Kier alpha value is -1.45. The largest absolute Gasteiger partial charge is 0.491 e. The van der Waals surface area contributed by atoms with Gasteiger partial charge in [-0.2, -0.15) is 5.10 Å². The topological polar surface area (TPSA) is 34.1 Å². The average Bonchev–Trinajstić information content (AvgIpc) is 2.09. The van der Waals surface area contributed by atoms with Gasteiger partial charge in [-0.3, -0.25) is 5.01 Å². The smallest absolute Gasteiger partial charge is 0.187 e. The quantitative estimate of drug-likeness (QED) is 0.615. The molecule has 0 atom stereocenters. The first-order chi connectivity index (χ1) is 5.70. The van der Waals surface area contributed by atoms with Crippen LogP contribution in [0.1, 0.15) is 0 Å². The highest BCUT2D eigenvalue weighted by molar-refractivity contribution is 5.78. The van der Waals surface area contributed by atoms with Crippen LogP contribution in [-0.2, 0) is 9.47 Å². The third-order valence-corrected chi connectivity index (χ3v) is 1.65. The Morgan fingerprint density at radius 2 is 2.08 bits per heavy atom. The molecular weight excluding hydrogens is 156 g/mol.